The second-order valence-electron chi connectivity index (χ2n) is 6.07. The highest BCUT2D eigenvalue weighted by molar-refractivity contribution is 5.77. The van der Waals surface area contributed by atoms with Crippen LogP contribution in [-0.4, -0.2) is 37.5 Å². The van der Waals surface area contributed by atoms with E-state index < -0.39 is 0 Å². The second-order valence-corrected chi connectivity index (χ2v) is 6.07. The van der Waals surface area contributed by atoms with Crippen LogP contribution in [0.1, 0.15) is 25.2 Å². The summed E-state index contributed by atoms with van der Waals surface area (Å²) >= 11 is 0. The third-order valence-corrected chi connectivity index (χ3v) is 4.47. The normalized spacial score (nSPS) is 17.5. The van der Waals surface area contributed by atoms with Crippen molar-refractivity contribution in [2.75, 3.05) is 13.2 Å². The maximum Gasteiger partial charge on any atom is 0.159 e. The van der Waals surface area contributed by atoms with Crippen molar-refractivity contribution in [2.45, 2.75) is 25.8 Å². The van der Waals surface area contributed by atoms with Crippen molar-refractivity contribution < 1.29 is 4.74 Å². The van der Waals surface area contributed by atoms with Crippen molar-refractivity contribution >= 4 is 0 Å². The van der Waals surface area contributed by atoms with Crippen LogP contribution in [-0.2, 0) is 18.2 Å². The van der Waals surface area contributed by atoms with Gasteiger partial charge in [0, 0.05) is 43.6 Å². The third-order valence-electron chi connectivity index (χ3n) is 4.47. The number of aromatic nitrogens is 5. The predicted molar refractivity (Wildman–Crippen MR) is 91.5 cm³/mol. The molecule has 2 aromatic heterocycles. The van der Waals surface area contributed by atoms with E-state index in [9.17, 15) is 0 Å². The van der Waals surface area contributed by atoms with E-state index in [4.69, 9.17) is 14.8 Å². The molecule has 3 heterocycles. The minimum absolute atomic E-state index is 0.252. The first-order chi connectivity index (χ1) is 11.8. The van der Waals surface area contributed by atoms with Gasteiger partial charge in [-0.2, -0.15) is 5.10 Å². The maximum atomic E-state index is 5.56. The van der Waals surface area contributed by atoms with Gasteiger partial charge in [-0.1, -0.05) is 31.2 Å². The molecule has 24 heavy (non-hydrogen) atoms. The molecular formula is C18H21N5O. The molecule has 4 rings (SSSR count). The van der Waals surface area contributed by atoms with Gasteiger partial charge < -0.3 is 9.30 Å². The van der Waals surface area contributed by atoms with Gasteiger partial charge in [-0.3, -0.25) is 0 Å². The summed E-state index contributed by atoms with van der Waals surface area (Å²) in [6, 6.07) is 8.51. The summed E-state index contributed by atoms with van der Waals surface area (Å²) in [5.41, 5.74) is 2.13. The van der Waals surface area contributed by atoms with Crippen LogP contribution in [0.25, 0.3) is 22.8 Å². The van der Waals surface area contributed by atoms with E-state index in [1.165, 1.54) is 0 Å². The van der Waals surface area contributed by atoms with Crippen molar-refractivity contribution in [1.29, 1.82) is 0 Å². The van der Waals surface area contributed by atoms with E-state index in [2.05, 4.69) is 24.0 Å². The van der Waals surface area contributed by atoms with Gasteiger partial charge >= 0.3 is 0 Å². The first-order valence-corrected chi connectivity index (χ1v) is 8.38. The number of ether oxygens (including phenoxy) is 1. The molecule has 1 aromatic carbocycles. The summed E-state index contributed by atoms with van der Waals surface area (Å²) in [4.78, 5) is 9.31. The lowest BCUT2D eigenvalue weighted by atomic mass is 10.1. The van der Waals surface area contributed by atoms with E-state index in [1.807, 2.05) is 40.8 Å². The average Bonchev–Trinajstić information content (AvgIpc) is 3.34. The fourth-order valence-corrected chi connectivity index (χ4v) is 3.17. The van der Waals surface area contributed by atoms with E-state index in [0.717, 1.165) is 48.0 Å². The van der Waals surface area contributed by atoms with Gasteiger partial charge in [0.25, 0.3) is 0 Å². The van der Waals surface area contributed by atoms with Gasteiger partial charge in [0.05, 0.1) is 12.6 Å². The topological polar surface area (TPSA) is 57.8 Å². The number of imidazole rings is 1. The number of hydrogen-bond acceptors (Lipinski definition) is 4. The Kier molecular flexibility index (Phi) is 3.90. The van der Waals surface area contributed by atoms with Crippen LogP contribution in [0.3, 0.4) is 0 Å². The number of nitrogens with zero attached hydrogens (tertiary/aromatic N) is 5. The third kappa shape index (κ3) is 2.53. The molecule has 1 fully saturated rings. The summed E-state index contributed by atoms with van der Waals surface area (Å²) < 4.78 is 9.64. The van der Waals surface area contributed by atoms with Crippen LogP contribution in [0.15, 0.2) is 36.7 Å². The van der Waals surface area contributed by atoms with E-state index in [0.29, 0.717) is 6.61 Å². The fourth-order valence-electron chi connectivity index (χ4n) is 3.17. The van der Waals surface area contributed by atoms with Gasteiger partial charge in [0.2, 0.25) is 0 Å². The Morgan fingerprint density at radius 2 is 2.00 bits per heavy atom. The summed E-state index contributed by atoms with van der Waals surface area (Å²) in [5, 5.41) is 4.73. The van der Waals surface area contributed by atoms with E-state index in [1.54, 1.807) is 0 Å². The van der Waals surface area contributed by atoms with Crippen LogP contribution < -0.4 is 0 Å². The lowest BCUT2D eigenvalue weighted by molar-refractivity contribution is 0.184. The zero-order valence-corrected chi connectivity index (χ0v) is 14.0. The molecule has 6 heteroatoms. The summed E-state index contributed by atoms with van der Waals surface area (Å²) in [5.74, 6) is 2.70. The molecule has 0 radical (unpaired) electrons. The first-order valence-electron chi connectivity index (χ1n) is 8.38. The molecule has 0 spiro atoms. The molecule has 0 bridgehead atoms. The molecule has 0 saturated carbocycles. The minimum Gasteiger partial charge on any atom is -0.379 e. The van der Waals surface area contributed by atoms with Crippen LogP contribution in [0, 0.1) is 0 Å². The highest BCUT2D eigenvalue weighted by Crippen LogP contribution is 2.32. The number of benzene rings is 1. The summed E-state index contributed by atoms with van der Waals surface area (Å²) in [7, 11) is 2.01. The number of rotatable bonds is 4. The molecule has 3 aromatic rings. The monoisotopic (exact) mass is 323 g/mol. The quantitative estimate of drug-likeness (QED) is 0.741. The van der Waals surface area contributed by atoms with Gasteiger partial charge in [0.1, 0.15) is 5.82 Å². The Hall–Kier alpha value is -2.47. The molecule has 1 saturated heterocycles. The van der Waals surface area contributed by atoms with Crippen molar-refractivity contribution in [3.63, 3.8) is 0 Å². The minimum atomic E-state index is 0.252. The van der Waals surface area contributed by atoms with Gasteiger partial charge in [-0.05, 0) is 6.42 Å². The largest absolute Gasteiger partial charge is 0.379 e. The lowest BCUT2D eigenvalue weighted by Crippen LogP contribution is -2.12. The zero-order chi connectivity index (χ0) is 16.5. The van der Waals surface area contributed by atoms with Gasteiger partial charge in [0.15, 0.2) is 11.6 Å². The maximum absolute atomic E-state index is 5.56. The summed E-state index contributed by atoms with van der Waals surface area (Å²) in [6.07, 6.45) is 5.57. The fraction of sp³-hybridized carbons (Fsp3) is 0.389. The predicted octanol–water partition coefficient (Wildman–Crippen LogP) is 2.87. The zero-order valence-electron chi connectivity index (χ0n) is 14.0. The Morgan fingerprint density at radius 1 is 1.21 bits per heavy atom. The number of aryl methyl sites for hydroxylation is 2. The van der Waals surface area contributed by atoms with Gasteiger partial charge in [-0.15, -0.1) is 0 Å². The Balaban J connectivity index is 1.88. The average molecular weight is 323 g/mol. The van der Waals surface area contributed by atoms with Crippen molar-refractivity contribution in [1.82, 2.24) is 24.3 Å². The van der Waals surface area contributed by atoms with Crippen molar-refractivity contribution in [2.24, 2.45) is 7.05 Å². The van der Waals surface area contributed by atoms with Crippen LogP contribution in [0.4, 0.5) is 0 Å². The molecule has 0 amide bonds. The molecular weight excluding hydrogens is 302 g/mol. The molecule has 1 aliphatic rings. The Morgan fingerprint density at radius 3 is 2.62 bits per heavy atom. The van der Waals surface area contributed by atoms with Crippen molar-refractivity contribution in [3.8, 4) is 22.8 Å². The standard InChI is InChI=1S/C18H21N5O/c1-3-16-20-18(23(21-16)13-8-11-24-12-13)15-7-5-4-6-14(15)17-19-9-10-22(17)2/h4-7,9-10,13H,3,8,11-12H2,1-2H3. The van der Waals surface area contributed by atoms with Crippen LogP contribution in [0.2, 0.25) is 0 Å². The highest BCUT2D eigenvalue weighted by atomic mass is 16.5. The van der Waals surface area contributed by atoms with Crippen LogP contribution >= 0.6 is 0 Å². The smallest absolute Gasteiger partial charge is 0.159 e. The Labute approximate surface area is 141 Å². The molecule has 124 valence electrons. The van der Waals surface area contributed by atoms with E-state index in [-0.39, 0.29) is 6.04 Å². The highest BCUT2D eigenvalue weighted by Gasteiger charge is 2.25. The molecule has 0 N–H and O–H groups in total. The number of hydrogen-bond donors (Lipinski definition) is 0. The lowest BCUT2D eigenvalue weighted by Gasteiger charge is -2.14. The molecule has 1 aliphatic heterocycles. The SMILES string of the molecule is CCc1nc(-c2ccccc2-c2nccn2C)n(C2CCOC2)n1. The van der Waals surface area contributed by atoms with Crippen molar-refractivity contribution in [3.05, 3.63) is 42.5 Å². The second kappa shape index (κ2) is 6.20. The van der Waals surface area contributed by atoms with E-state index >= 15 is 0 Å². The van der Waals surface area contributed by atoms with Crippen LogP contribution in [0.5, 0.6) is 0 Å². The molecule has 1 unspecified atom stereocenters. The molecule has 6 nitrogen and oxygen atoms in total. The first kappa shape index (κ1) is 15.1. The molecule has 1 atom stereocenters. The molecule has 0 aliphatic carbocycles. The van der Waals surface area contributed by atoms with Gasteiger partial charge in [-0.25, -0.2) is 14.6 Å². The Bertz CT molecular complexity index is 845. The summed E-state index contributed by atoms with van der Waals surface area (Å²) in [6.45, 7) is 3.57.